The summed E-state index contributed by atoms with van der Waals surface area (Å²) in [6, 6.07) is 0. The first-order valence-electron chi connectivity index (χ1n) is 6.52. The average Bonchev–Trinajstić information content (AvgIpc) is 2.26. The van der Waals surface area contributed by atoms with Crippen LogP contribution in [0.25, 0.3) is 0 Å². The fraction of sp³-hybridized carbons (Fsp3) is 0.500. The number of aliphatic hydroxyl groups excluding tert-OH is 1. The molecule has 1 rings (SSSR count). The molecule has 0 amide bonds. The highest BCUT2D eigenvalue weighted by Crippen LogP contribution is 2.37. The van der Waals surface area contributed by atoms with Crippen LogP contribution in [-0.4, -0.2) is 16.7 Å². The first kappa shape index (κ1) is 15.4. The molecule has 0 radical (unpaired) electrons. The normalized spacial score (nSPS) is 17.8. The van der Waals surface area contributed by atoms with E-state index in [1.807, 2.05) is 39.8 Å². The lowest BCUT2D eigenvalue weighted by molar-refractivity contribution is -0.139. The average molecular weight is 262 g/mol. The first-order valence-corrected chi connectivity index (χ1v) is 6.52. The van der Waals surface area contributed by atoms with Gasteiger partial charge in [-0.2, -0.15) is 0 Å². The maximum Gasteiger partial charge on any atom is 0.173 e. The molecule has 19 heavy (non-hydrogen) atoms. The molecule has 0 fully saturated rings. The van der Waals surface area contributed by atoms with Crippen LogP contribution in [0.2, 0.25) is 0 Å². The number of hydrogen-bond acceptors (Lipinski definition) is 3. The molecule has 0 bridgehead atoms. The quantitative estimate of drug-likeness (QED) is 0.621. The van der Waals surface area contributed by atoms with Crippen LogP contribution in [0, 0.1) is 5.41 Å². The van der Waals surface area contributed by atoms with Gasteiger partial charge >= 0.3 is 0 Å². The van der Waals surface area contributed by atoms with Gasteiger partial charge in [0, 0.05) is 6.08 Å². The van der Waals surface area contributed by atoms with Crippen LogP contribution in [0.5, 0.6) is 0 Å². The topological polar surface area (TPSA) is 54.4 Å². The number of ketones is 2. The number of aliphatic hydroxyl groups is 1. The van der Waals surface area contributed by atoms with E-state index in [4.69, 9.17) is 0 Å². The Hall–Kier alpha value is -1.64. The largest absolute Gasteiger partial charge is 0.512 e. The van der Waals surface area contributed by atoms with Gasteiger partial charge in [0.1, 0.15) is 5.76 Å². The van der Waals surface area contributed by atoms with Crippen LogP contribution < -0.4 is 0 Å². The van der Waals surface area contributed by atoms with Crippen LogP contribution in [0.4, 0.5) is 0 Å². The van der Waals surface area contributed by atoms with Crippen LogP contribution in [-0.2, 0) is 9.59 Å². The number of Topliss-reactive ketones (excluding diaryl/α,β-unsaturated/α-hetero) is 1. The van der Waals surface area contributed by atoms with Crippen molar-refractivity contribution in [3.8, 4) is 0 Å². The van der Waals surface area contributed by atoms with E-state index in [0.717, 1.165) is 11.1 Å². The second-order valence-corrected chi connectivity index (χ2v) is 5.65. The summed E-state index contributed by atoms with van der Waals surface area (Å²) in [5.41, 5.74) is 1.13. The maximum atomic E-state index is 12.3. The van der Waals surface area contributed by atoms with Crippen molar-refractivity contribution >= 4 is 11.6 Å². The third-order valence-electron chi connectivity index (χ3n) is 3.36. The van der Waals surface area contributed by atoms with E-state index >= 15 is 0 Å². The van der Waals surface area contributed by atoms with Crippen LogP contribution in [0.15, 0.2) is 35.1 Å². The van der Waals surface area contributed by atoms with Gasteiger partial charge in [-0.3, -0.25) is 9.59 Å². The molecule has 3 nitrogen and oxygen atoms in total. The predicted octanol–water partition coefficient (Wildman–Crippen LogP) is 3.67. The molecule has 0 saturated carbocycles. The van der Waals surface area contributed by atoms with Crippen molar-refractivity contribution in [2.24, 2.45) is 5.41 Å². The highest BCUT2D eigenvalue weighted by molar-refractivity contribution is 6.15. The van der Waals surface area contributed by atoms with Crippen molar-refractivity contribution in [3.05, 3.63) is 35.1 Å². The Kier molecular flexibility index (Phi) is 4.87. The van der Waals surface area contributed by atoms with Crippen LogP contribution in [0.3, 0.4) is 0 Å². The zero-order valence-electron chi connectivity index (χ0n) is 12.1. The lowest BCUT2D eigenvalue weighted by Gasteiger charge is -2.31. The van der Waals surface area contributed by atoms with Gasteiger partial charge in [0.15, 0.2) is 11.6 Å². The van der Waals surface area contributed by atoms with Crippen molar-refractivity contribution in [1.82, 2.24) is 0 Å². The summed E-state index contributed by atoms with van der Waals surface area (Å²) in [6.45, 7) is 7.78. The minimum atomic E-state index is -1.03. The summed E-state index contributed by atoms with van der Waals surface area (Å²) >= 11 is 0. The fourth-order valence-corrected chi connectivity index (χ4v) is 2.08. The van der Waals surface area contributed by atoms with Crippen LogP contribution >= 0.6 is 0 Å². The summed E-state index contributed by atoms with van der Waals surface area (Å²) in [5, 5.41) is 9.43. The molecule has 0 heterocycles. The van der Waals surface area contributed by atoms with E-state index in [0.29, 0.717) is 12.8 Å². The second-order valence-electron chi connectivity index (χ2n) is 5.65. The van der Waals surface area contributed by atoms with Gasteiger partial charge in [0.25, 0.3) is 0 Å². The third-order valence-corrected chi connectivity index (χ3v) is 3.36. The Labute approximate surface area is 114 Å². The molecule has 0 aromatic carbocycles. The van der Waals surface area contributed by atoms with Crippen molar-refractivity contribution in [1.29, 1.82) is 0 Å². The van der Waals surface area contributed by atoms with Crippen molar-refractivity contribution in [2.75, 3.05) is 0 Å². The summed E-state index contributed by atoms with van der Waals surface area (Å²) in [6.07, 6.45) is 5.81. The minimum absolute atomic E-state index is 0.0427. The van der Waals surface area contributed by atoms with E-state index in [-0.39, 0.29) is 23.7 Å². The van der Waals surface area contributed by atoms with Gasteiger partial charge in [-0.25, -0.2) is 0 Å². The van der Waals surface area contributed by atoms with Gasteiger partial charge in [0.05, 0.1) is 11.8 Å². The molecule has 1 aliphatic rings. The molecule has 0 aliphatic heterocycles. The van der Waals surface area contributed by atoms with Gasteiger partial charge in [-0.1, -0.05) is 23.3 Å². The van der Waals surface area contributed by atoms with E-state index in [1.165, 1.54) is 6.08 Å². The summed E-state index contributed by atoms with van der Waals surface area (Å²) < 4.78 is 0. The third kappa shape index (κ3) is 3.66. The number of carbonyl (C=O) groups is 2. The van der Waals surface area contributed by atoms with Crippen molar-refractivity contribution in [3.63, 3.8) is 0 Å². The molecule has 1 N–H and O–H groups in total. The van der Waals surface area contributed by atoms with E-state index < -0.39 is 5.41 Å². The molecule has 0 saturated heterocycles. The highest BCUT2D eigenvalue weighted by atomic mass is 16.3. The lowest BCUT2D eigenvalue weighted by atomic mass is 9.69. The predicted molar refractivity (Wildman–Crippen MR) is 75.9 cm³/mol. The van der Waals surface area contributed by atoms with Crippen molar-refractivity contribution < 1.29 is 14.7 Å². The molecule has 1 aliphatic carbocycles. The molecule has 0 aromatic rings. The van der Waals surface area contributed by atoms with Gasteiger partial charge in [0.2, 0.25) is 0 Å². The van der Waals surface area contributed by atoms with E-state index in [9.17, 15) is 14.7 Å². The number of rotatable bonds is 4. The summed E-state index contributed by atoms with van der Waals surface area (Å²) in [5.74, 6) is -0.594. The summed E-state index contributed by atoms with van der Waals surface area (Å²) in [7, 11) is 0. The lowest BCUT2D eigenvalue weighted by Crippen LogP contribution is -2.41. The summed E-state index contributed by atoms with van der Waals surface area (Å²) in [4.78, 5) is 24.5. The van der Waals surface area contributed by atoms with Crippen LogP contribution in [0.1, 0.15) is 47.0 Å². The Morgan fingerprint density at radius 3 is 2.00 bits per heavy atom. The Balaban J connectivity index is 3.18. The fourth-order valence-electron chi connectivity index (χ4n) is 2.08. The number of carbonyl (C=O) groups excluding carboxylic acids is 2. The second kappa shape index (κ2) is 6.00. The maximum absolute atomic E-state index is 12.3. The molecule has 0 aromatic heterocycles. The number of allylic oxidation sites excluding steroid dienone is 6. The van der Waals surface area contributed by atoms with Gasteiger partial charge < -0.3 is 5.11 Å². The van der Waals surface area contributed by atoms with Crippen molar-refractivity contribution in [2.45, 2.75) is 47.0 Å². The molecule has 0 spiro atoms. The number of hydrogen-bond donors (Lipinski definition) is 1. The monoisotopic (exact) mass is 262 g/mol. The standard InChI is InChI=1S/C16H22O3/c1-11(2)5-7-16(8-6-12(3)4)14(18)9-13(17)10-15(16)19/h5-6,9,17H,7-8,10H2,1-4H3. The van der Waals surface area contributed by atoms with Gasteiger partial charge in [-0.05, 0) is 40.5 Å². The first-order chi connectivity index (χ1) is 8.78. The minimum Gasteiger partial charge on any atom is -0.512 e. The zero-order valence-corrected chi connectivity index (χ0v) is 12.1. The molecular weight excluding hydrogens is 240 g/mol. The highest BCUT2D eigenvalue weighted by Gasteiger charge is 2.45. The zero-order chi connectivity index (χ0) is 14.6. The van der Waals surface area contributed by atoms with E-state index in [1.54, 1.807) is 0 Å². The van der Waals surface area contributed by atoms with E-state index in [2.05, 4.69) is 0 Å². The smallest absolute Gasteiger partial charge is 0.173 e. The molecule has 0 atom stereocenters. The molecule has 104 valence electrons. The van der Waals surface area contributed by atoms with Gasteiger partial charge in [-0.15, -0.1) is 0 Å². The molecular formula is C16H22O3. The Bertz CT molecular complexity index is 450. The Morgan fingerprint density at radius 2 is 1.63 bits per heavy atom. The molecule has 3 heteroatoms. The Morgan fingerprint density at radius 1 is 1.16 bits per heavy atom. The molecule has 0 unspecified atom stereocenters. The SMILES string of the molecule is CC(C)=CCC1(CC=C(C)C)C(=O)C=C(O)CC1=O.